The number of hydrogen-bond donors (Lipinski definition) is 0. The van der Waals surface area contributed by atoms with Gasteiger partial charge in [-0.25, -0.2) is 0 Å². The van der Waals surface area contributed by atoms with Gasteiger partial charge in [-0.1, -0.05) is 0 Å². The normalized spacial score (nSPS) is 12.1. The van der Waals surface area contributed by atoms with Crippen LogP contribution in [0.2, 0.25) is 13.3 Å². The molecule has 0 unspecified atom stereocenters. The van der Waals surface area contributed by atoms with Crippen LogP contribution in [-0.2, 0) is 20.7 Å². The number of hydrogen-bond acceptors (Lipinski definition) is 4. The second-order valence-corrected chi connectivity index (χ2v) is 23.2. The Morgan fingerprint density at radius 3 is 1.74 bits per heavy atom. The van der Waals surface area contributed by atoms with Gasteiger partial charge in [-0.05, 0) is 0 Å². The summed E-state index contributed by atoms with van der Waals surface area (Å²) in [5.74, 6) is -0.439. The van der Waals surface area contributed by atoms with E-state index in [0.29, 0.717) is 12.2 Å². The summed E-state index contributed by atoms with van der Waals surface area (Å²) in [6, 6.07) is 18.2. The van der Waals surface area contributed by atoms with Crippen LogP contribution >= 0.6 is 0 Å². The van der Waals surface area contributed by atoms with Crippen molar-refractivity contribution >= 4 is 35.9 Å². The zero-order valence-corrected chi connectivity index (χ0v) is 27.2. The number of aryl methyl sites for hydroxylation is 1. The first-order valence-electron chi connectivity index (χ1n) is 14.6. The maximum atomic E-state index is 14.0. The summed E-state index contributed by atoms with van der Waals surface area (Å²) < 4.78 is 15.4. The first-order chi connectivity index (χ1) is 18.5. The average molecular weight is 627 g/mol. The number of unbranched alkanes of at least 4 members (excludes halogenated alkanes) is 3. The Labute approximate surface area is 235 Å². The molecule has 0 radical (unpaired) electrons. The molecule has 0 fully saturated rings. The van der Waals surface area contributed by atoms with Crippen molar-refractivity contribution in [3.63, 3.8) is 0 Å². The predicted molar refractivity (Wildman–Crippen MR) is 161 cm³/mol. The molecule has 0 aliphatic carbocycles. The van der Waals surface area contributed by atoms with Crippen LogP contribution < -0.4 is 0 Å². The number of carbonyl (C=O) groups is 2. The van der Waals surface area contributed by atoms with Crippen LogP contribution in [-0.4, -0.2) is 44.0 Å². The Bertz CT molecular complexity index is 989. The third kappa shape index (κ3) is 9.28. The molecule has 0 atom stereocenters. The van der Waals surface area contributed by atoms with Gasteiger partial charge in [0.05, 0.1) is 0 Å². The second-order valence-electron chi connectivity index (χ2n) is 10.2. The van der Waals surface area contributed by atoms with E-state index < -0.39 is 18.4 Å². The molecule has 4 nitrogen and oxygen atoms in total. The number of carbonyl (C=O) groups excluding carboxylic acids is 2. The summed E-state index contributed by atoms with van der Waals surface area (Å²) in [5, 5.41) is 0. The zero-order valence-electron chi connectivity index (χ0n) is 24.3. The fraction of sp³-hybridized carbons (Fsp3) is 0.515. The van der Waals surface area contributed by atoms with E-state index in [4.69, 9.17) is 9.47 Å². The van der Waals surface area contributed by atoms with Gasteiger partial charge in [-0.3, -0.25) is 0 Å². The summed E-state index contributed by atoms with van der Waals surface area (Å²) in [6.07, 6.45) is 8.55. The topological polar surface area (TPSA) is 52.6 Å². The standard InChI is InChI=1S/C21H21O4.3C4H9.Sn/c1-3-25-20(22)15-19(10-9-16-7-5-4-6-8-16)17-11-13-18(14-12-17)21(23)24-2;3*1-3-4-2;/h4-8,11-14H,3,9-10H2,1-2H3;3*1,3-4H2,2H3;. The van der Waals surface area contributed by atoms with E-state index in [1.165, 1.54) is 45.2 Å². The van der Waals surface area contributed by atoms with Crippen molar-refractivity contribution in [1.82, 2.24) is 0 Å². The molecular weight excluding hydrogens is 579 g/mol. The minimum atomic E-state index is -3.21. The number of esters is 2. The molecule has 0 saturated heterocycles. The fourth-order valence-electron chi connectivity index (χ4n) is 5.41. The molecule has 5 heteroatoms. The molecule has 0 aliphatic heterocycles. The van der Waals surface area contributed by atoms with E-state index in [0.717, 1.165) is 46.8 Å². The van der Waals surface area contributed by atoms with Gasteiger partial charge in [0, 0.05) is 0 Å². The predicted octanol–water partition coefficient (Wildman–Crippen LogP) is 8.81. The fourth-order valence-corrected chi connectivity index (χ4v) is 22.6. The van der Waals surface area contributed by atoms with E-state index in [1.54, 1.807) is 0 Å². The average Bonchev–Trinajstić information content (AvgIpc) is 2.95. The van der Waals surface area contributed by atoms with Crippen molar-refractivity contribution in [2.75, 3.05) is 13.7 Å². The Kier molecular flexibility index (Phi) is 14.8. The quantitative estimate of drug-likeness (QED) is 0.1000. The Hall–Kier alpha value is -2.08. The molecule has 208 valence electrons. The van der Waals surface area contributed by atoms with Crippen LogP contribution in [0, 0.1) is 0 Å². The Balaban J connectivity index is 2.81. The third-order valence-corrected chi connectivity index (χ3v) is 23.2. The molecule has 0 spiro atoms. The number of ether oxygens (including phenoxy) is 2. The Morgan fingerprint density at radius 2 is 1.26 bits per heavy atom. The van der Waals surface area contributed by atoms with Crippen molar-refractivity contribution in [2.45, 2.75) is 92.4 Å². The van der Waals surface area contributed by atoms with Gasteiger partial charge in [0.2, 0.25) is 0 Å². The molecule has 0 amide bonds. The van der Waals surface area contributed by atoms with E-state index in [2.05, 4.69) is 45.0 Å². The SMILES string of the molecule is CCC[CH2][Sn]([CH2]CCC)([CH2]CCC)/[C](C(=O)OCC)=C(\CCc1ccccc1)c1ccc(C(=O)OC)cc1. The molecule has 0 bridgehead atoms. The van der Waals surface area contributed by atoms with E-state index in [9.17, 15) is 9.59 Å². The van der Waals surface area contributed by atoms with Crippen molar-refractivity contribution in [3.05, 3.63) is 74.9 Å². The van der Waals surface area contributed by atoms with Crippen molar-refractivity contribution in [1.29, 1.82) is 0 Å². The molecular formula is C33H48O4Sn. The zero-order chi connectivity index (χ0) is 27.8. The first kappa shape index (κ1) is 32.1. The number of allylic oxidation sites excluding steroid dienone is 1. The number of benzene rings is 2. The molecule has 0 aliphatic rings. The van der Waals surface area contributed by atoms with Crippen LogP contribution in [0.1, 0.15) is 94.1 Å². The molecule has 2 rings (SSSR count). The van der Waals surface area contributed by atoms with Gasteiger partial charge >= 0.3 is 236 Å². The Morgan fingerprint density at radius 1 is 0.737 bits per heavy atom. The van der Waals surface area contributed by atoms with E-state index >= 15 is 0 Å². The van der Waals surface area contributed by atoms with Crippen molar-refractivity contribution < 1.29 is 19.1 Å². The monoisotopic (exact) mass is 628 g/mol. The molecule has 0 N–H and O–H groups in total. The summed E-state index contributed by atoms with van der Waals surface area (Å²) in [4.78, 5) is 26.2. The van der Waals surface area contributed by atoms with Crippen molar-refractivity contribution in [3.8, 4) is 0 Å². The van der Waals surface area contributed by atoms with Gasteiger partial charge in [-0.2, -0.15) is 0 Å². The summed E-state index contributed by atoms with van der Waals surface area (Å²) in [5.41, 5.74) is 3.95. The second kappa shape index (κ2) is 17.5. The van der Waals surface area contributed by atoms with Gasteiger partial charge in [-0.15, -0.1) is 0 Å². The van der Waals surface area contributed by atoms with E-state index in [-0.39, 0.29) is 11.9 Å². The van der Waals surface area contributed by atoms with Crippen LogP contribution in [0.15, 0.2) is 58.2 Å². The molecule has 0 saturated carbocycles. The third-order valence-electron chi connectivity index (χ3n) is 7.50. The van der Waals surface area contributed by atoms with E-state index in [1.807, 2.05) is 37.3 Å². The molecule has 38 heavy (non-hydrogen) atoms. The number of rotatable bonds is 17. The van der Waals surface area contributed by atoms with Crippen molar-refractivity contribution in [2.24, 2.45) is 0 Å². The van der Waals surface area contributed by atoms with Crippen LogP contribution in [0.25, 0.3) is 5.57 Å². The van der Waals surface area contributed by atoms with Crippen LogP contribution in [0.3, 0.4) is 0 Å². The minimum absolute atomic E-state index is 0.0910. The van der Waals surface area contributed by atoms with Crippen LogP contribution in [0.4, 0.5) is 0 Å². The van der Waals surface area contributed by atoms with Gasteiger partial charge < -0.3 is 0 Å². The van der Waals surface area contributed by atoms with Crippen LogP contribution in [0.5, 0.6) is 0 Å². The molecule has 0 heterocycles. The summed E-state index contributed by atoms with van der Waals surface area (Å²) in [7, 11) is 1.40. The molecule has 2 aromatic carbocycles. The van der Waals surface area contributed by atoms with Gasteiger partial charge in [0.15, 0.2) is 0 Å². The number of methoxy groups -OCH3 is 1. The summed E-state index contributed by atoms with van der Waals surface area (Å²) >= 11 is -3.21. The van der Waals surface area contributed by atoms with Gasteiger partial charge in [0.1, 0.15) is 0 Å². The van der Waals surface area contributed by atoms with Gasteiger partial charge in [0.25, 0.3) is 0 Å². The maximum absolute atomic E-state index is 14.0. The molecule has 2 aromatic rings. The molecule has 0 aromatic heterocycles. The summed E-state index contributed by atoms with van der Waals surface area (Å²) in [6.45, 7) is 9.06. The first-order valence-corrected chi connectivity index (χ1v) is 22.1.